The van der Waals surface area contributed by atoms with E-state index in [2.05, 4.69) is 25.4 Å². The number of halogens is 1. The lowest BCUT2D eigenvalue weighted by Gasteiger charge is -2.01. The summed E-state index contributed by atoms with van der Waals surface area (Å²) in [6.45, 7) is 0. The average Bonchev–Trinajstić information content (AvgIpc) is 3.30. The largest absolute Gasteiger partial charge is 0.276 e. The maximum Gasteiger partial charge on any atom is 0.123 e. The molecule has 1 aliphatic rings. The van der Waals surface area contributed by atoms with Gasteiger partial charge in [0.15, 0.2) is 0 Å². The Morgan fingerprint density at radius 2 is 1.80 bits per heavy atom. The summed E-state index contributed by atoms with van der Waals surface area (Å²) in [5.74, 6) is -0.264. The highest BCUT2D eigenvalue weighted by atomic mass is 19.1. The second-order valence-corrected chi connectivity index (χ2v) is 5.60. The molecule has 0 atom stereocenters. The Bertz CT molecular complexity index is 969. The van der Waals surface area contributed by atoms with Gasteiger partial charge in [0.1, 0.15) is 5.82 Å². The number of aromatic nitrogens is 3. The van der Waals surface area contributed by atoms with E-state index in [1.165, 1.54) is 12.1 Å². The molecule has 1 aromatic carbocycles. The summed E-state index contributed by atoms with van der Waals surface area (Å²) in [7, 11) is 0. The van der Waals surface area contributed by atoms with Crippen LogP contribution in [0.2, 0.25) is 0 Å². The van der Waals surface area contributed by atoms with Crippen molar-refractivity contribution in [1.82, 2.24) is 15.2 Å². The molecule has 0 aliphatic carbocycles. The molecule has 0 saturated heterocycles. The fraction of sp³-hybridized carbons (Fsp3) is 0.0526. The van der Waals surface area contributed by atoms with Crippen molar-refractivity contribution in [1.29, 1.82) is 0 Å². The lowest BCUT2D eigenvalue weighted by atomic mass is 10.0. The first-order valence-corrected chi connectivity index (χ1v) is 7.81. The molecular formula is C19H14FN5. The Morgan fingerprint density at radius 3 is 2.60 bits per heavy atom. The summed E-state index contributed by atoms with van der Waals surface area (Å²) in [6, 6.07) is 10.1. The second-order valence-electron chi connectivity index (χ2n) is 5.60. The van der Waals surface area contributed by atoms with E-state index < -0.39 is 0 Å². The van der Waals surface area contributed by atoms with Crippen molar-refractivity contribution >= 4 is 23.6 Å². The van der Waals surface area contributed by atoms with E-state index in [-0.39, 0.29) is 5.82 Å². The molecular weight excluding hydrogens is 317 g/mol. The minimum absolute atomic E-state index is 0.264. The fourth-order valence-corrected chi connectivity index (χ4v) is 2.60. The molecule has 122 valence electrons. The van der Waals surface area contributed by atoms with Crippen molar-refractivity contribution in [3.8, 4) is 0 Å². The number of rotatable bonds is 4. The zero-order valence-corrected chi connectivity index (χ0v) is 13.2. The third kappa shape index (κ3) is 3.28. The summed E-state index contributed by atoms with van der Waals surface area (Å²) >= 11 is 0. The zero-order valence-electron chi connectivity index (χ0n) is 13.2. The maximum atomic E-state index is 13.1. The van der Waals surface area contributed by atoms with Gasteiger partial charge in [0.05, 0.1) is 23.3 Å². The summed E-state index contributed by atoms with van der Waals surface area (Å²) in [5, 5.41) is 15.6. The van der Waals surface area contributed by atoms with Gasteiger partial charge < -0.3 is 0 Å². The Kier molecular flexibility index (Phi) is 4.00. The predicted molar refractivity (Wildman–Crippen MR) is 95.8 cm³/mol. The first kappa shape index (κ1) is 15.1. The van der Waals surface area contributed by atoms with Gasteiger partial charge in [0, 0.05) is 24.4 Å². The van der Waals surface area contributed by atoms with E-state index in [4.69, 9.17) is 0 Å². The smallest absolute Gasteiger partial charge is 0.123 e. The van der Waals surface area contributed by atoms with Gasteiger partial charge in [0.2, 0.25) is 0 Å². The van der Waals surface area contributed by atoms with E-state index in [1.54, 1.807) is 30.7 Å². The minimum atomic E-state index is -0.264. The Hall–Kier alpha value is -3.41. The third-order valence-corrected chi connectivity index (χ3v) is 3.90. The molecule has 1 N–H and O–H groups in total. The van der Waals surface area contributed by atoms with Gasteiger partial charge in [0.25, 0.3) is 0 Å². The van der Waals surface area contributed by atoms with Crippen LogP contribution in [0.25, 0.3) is 12.2 Å². The Balaban J connectivity index is 1.52. The van der Waals surface area contributed by atoms with Gasteiger partial charge in [-0.1, -0.05) is 30.4 Å². The highest BCUT2D eigenvalue weighted by molar-refractivity contribution is 6.20. The van der Waals surface area contributed by atoms with Crippen LogP contribution in [0.4, 0.5) is 4.39 Å². The molecule has 0 bridgehead atoms. The quantitative estimate of drug-likeness (QED) is 0.792. The van der Waals surface area contributed by atoms with Crippen molar-refractivity contribution in [2.75, 3.05) is 0 Å². The molecule has 0 amide bonds. The maximum absolute atomic E-state index is 13.1. The molecule has 1 aliphatic heterocycles. The number of aromatic amines is 1. The van der Waals surface area contributed by atoms with E-state index in [1.807, 2.05) is 24.3 Å². The standard InChI is InChI=1S/C19H14FN5/c20-16-7-5-14(6-8-16)17-10-18(24-23-17)19-15(12-22-25-19)4-3-13-2-1-9-21-11-13/h1-9,11-12H,10H2,(H,22,25)/b4-3+. The van der Waals surface area contributed by atoms with Crippen molar-refractivity contribution < 1.29 is 4.39 Å². The third-order valence-electron chi connectivity index (χ3n) is 3.90. The van der Waals surface area contributed by atoms with E-state index in [9.17, 15) is 4.39 Å². The van der Waals surface area contributed by atoms with Gasteiger partial charge in [-0.2, -0.15) is 15.3 Å². The Morgan fingerprint density at radius 1 is 0.960 bits per heavy atom. The highest BCUT2D eigenvalue weighted by Gasteiger charge is 2.19. The molecule has 0 spiro atoms. The zero-order chi connectivity index (χ0) is 17.1. The number of hydrogen-bond donors (Lipinski definition) is 1. The topological polar surface area (TPSA) is 66.3 Å². The molecule has 2 aromatic heterocycles. The molecule has 5 nitrogen and oxygen atoms in total. The van der Waals surface area contributed by atoms with Crippen LogP contribution in [0.1, 0.15) is 28.8 Å². The number of pyridine rings is 1. The van der Waals surface area contributed by atoms with Crippen LogP contribution < -0.4 is 0 Å². The highest BCUT2D eigenvalue weighted by Crippen LogP contribution is 2.19. The van der Waals surface area contributed by atoms with Gasteiger partial charge in [-0.05, 0) is 29.3 Å². The summed E-state index contributed by atoms with van der Waals surface area (Å²) in [6.07, 6.45) is 9.79. The molecule has 0 fully saturated rings. The number of nitrogens with one attached hydrogen (secondary N) is 1. The normalized spacial score (nSPS) is 14.0. The first-order valence-electron chi connectivity index (χ1n) is 7.81. The van der Waals surface area contributed by atoms with Crippen molar-refractivity contribution in [3.63, 3.8) is 0 Å². The minimum Gasteiger partial charge on any atom is -0.276 e. The Labute approximate surface area is 143 Å². The van der Waals surface area contributed by atoms with E-state index in [0.29, 0.717) is 6.42 Å². The van der Waals surface area contributed by atoms with Gasteiger partial charge in [-0.3, -0.25) is 10.1 Å². The second kappa shape index (κ2) is 6.60. The SMILES string of the molecule is Fc1ccc(C2=NN=C(c3[nH]ncc3/C=C/c3cccnc3)C2)cc1. The number of benzene rings is 1. The fourth-order valence-electron chi connectivity index (χ4n) is 2.60. The first-order chi connectivity index (χ1) is 12.3. The van der Waals surface area contributed by atoms with Crippen LogP contribution in [-0.4, -0.2) is 26.6 Å². The van der Waals surface area contributed by atoms with Crippen LogP contribution in [0.3, 0.4) is 0 Å². The van der Waals surface area contributed by atoms with Crippen LogP contribution in [-0.2, 0) is 0 Å². The molecule has 0 unspecified atom stereocenters. The van der Waals surface area contributed by atoms with E-state index in [0.717, 1.165) is 33.8 Å². The van der Waals surface area contributed by atoms with Gasteiger partial charge in [-0.15, -0.1) is 0 Å². The summed E-state index contributed by atoms with van der Waals surface area (Å²) in [4.78, 5) is 4.09. The monoisotopic (exact) mass is 331 g/mol. The number of nitrogens with zero attached hydrogens (tertiary/aromatic N) is 4. The van der Waals surface area contributed by atoms with Crippen molar-refractivity contribution in [3.05, 3.63) is 83.2 Å². The number of H-pyrrole nitrogens is 1. The van der Waals surface area contributed by atoms with Crippen molar-refractivity contribution in [2.45, 2.75) is 6.42 Å². The van der Waals surface area contributed by atoms with Gasteiger partial charge in [-0.25, -0.2) is 4.39 Å². The molecule has 0 saturated carbocycles. The van der Waals surface area contributed by atoms with Gasteiger partial charge >= 0.3 is 0 Å². The molecule has 4 rings (SSSR count). The van der Waals surface area contributed by atoms with Crippen LogP contribution in [0.15, 0.2) is 65.2 Å². The summed E-state index contributed by atoms with van der Waals surface area (Å²) in [5.41, 5.74) is 5.26. The lowest BCUT2D eigenvalue weighted by Crippen LogP contribution is -2.07. The van der Waals surface area contributed by atoms with Crippen LogP contribution in [0, 0.1) is 5.82 Å². The van der Waals surface area contributed by atoms with E-state index >= 15 is 0 Å². The predicted octanol–water partition coefficient (Wildman–Crippen LogP) is 3.71. The molecule has 6 heteroatoms. The van der Waals surface area contributed by atoms with Crippen molar-refractivity contribution in [2.24, 2.45) is 10.2 Å². The number of hydrogen-bond acceptors (Lipinski definition) is 4. The molecule has 3 aromatic rings. The molecule has 25 heavy (non-hydrogen) atoms. The van der Waals surface area contributed by atoms with Crippen LogP contribution >= 0.6 is 0 Å². The molecule has 3 heterocycles. The average molecular weight is 331 g/mol. The van der Waals surface area contributed by atoms with Crippen LogP contribution in [0.5, 0.6) is 0 Å². The lowest BCUT2D eigenvalue weighted by molar-refractivity contribution is 0.628. The molecule has 0 radical (unpaired) electrons. The summed E-state index contributed by atoms with van der Waals surface area (Å²) < 4.78 is 13.1.